The highest BCUT2D eigenvalue weighted by Gasteiger charge is 2.18. The summed E-state index contributed by atoms with van der Waals surface area (Å²) in [7, 11) is 3.71. The maximum atomic E-state index is 5.84. The van der Waals surface area contributed by atoms with Gasteiger partial charge in [-0.05, 0) is 51.0 Å². The first-order valence-corrected chi connectivity index (χ1v) is 7.46. The Morgan fingerprint density at radius 3 is 2.85 bits per heavy atom. The average molecular weight is 278 g/mol. The second kappa shape index (κ2) is 8.12. The molecule has 1 aliphatic rings. The number of para-hydroxylation sites is 2. The lowest BCUT2D eigenvalue weighted by atomic mass is 9.98. The van der Waals surface area contributed by atoms with Crippen molar-refractivity contribution < 1.29 is 9.47 Å². The van der Waals surface area contributed by atoms with Crippen LogP contribution in [-0.4, -0.2) is 51.8 Å². The molecule has 0 radical (unpaired) electrons. The molecule has 1 atom stereocenters. The van der Waals surface area contributed by atoms with Gasteiger partial charge in [-0.1, -0.05) is 12.1 Å². The molecule has 0 bridgehead atoms. The fourth-order valence-electron chi connectivity index (χ4n) is 2.83. The van der Waals surface area contributed by atoms with Crippen molar-refractivity contribution in [2.75, 3.05) is 46.9 Å². The Bertz CT molecular complexity index is 396. The Kier molecular flexibility index (Phi) is 6.15. The normalized spacial score (nSPS) is 19.8. The molecule has 1 N–H and O–H groups in total. The van der Waals surface area contributed by atoms with Crippen molar-refractivity contribution in [2.24, 2.45) is 5.92 Å². The molecule has 1 aromatic rings. The molecule has 1 unspecified atom stereocenters. The molecule has 2 rings (SSSR count). The second-order valence-corrected chi connectivity index (χ2v) is 5.37. The molecule has 1 saturated heterocycles. The van der Waals surface area contributed by atoms with Gasteiger partial charge in [0.15, 0.2) is 11.5 Å². The Labute approximate surface area is 122 Å². The summed E-state index contributed by atoms with van der Waals surface area (Å²) < 4.78 is 11.1. The summed E-state index contributed by atoms with van der Waals surface area (Å²) in [6.07, 6.45) is 2.63. The van der Waals surface area contributed by atoms with E-state index in [1.54, 1.807) is 7.11 Å². The van der Waals surface area contributed by atoms with E-state index in [0.29, 0.717) is 6.61 Å². The van der Waals surface area contributed by atoms with Gasteiger partial charge in [-0.15, -0.1) is 0 Å². The van der Waals surface area contributed by atoms with E-state index in [1.807, 2.05) is 31.3 Å². The minimum Gasteiger partial charge on any atom is -0.493 e. The van der Waals surface area contributed by atoms with Crippen molar-refractivity contribution in [1.29, 1.82) is 0 Å². The van der Waals surface area contributed by atoms with Crippen LogP contribution in [0.2, 0.25) is 0 Å². The van der Waals surface area contributed by atoms with Gasteiger partial charge in [-0.3, -0.25) is 4.90 Å². The lowest BCUT2D eigenvalue weighted by Gasteiger charge is -2.32. The molecule has 20 heavy (non-hydrogen) atoms. The zero-order chi connectivity index (χ0) is 14.2. The lowest BCUT2D eigenvalue weighted by molar-refractivity contribution is 0.145. The van der Waals surface area contributed by atoms with Gasteiger partial charge < -0.3 is 14.8 Å². The third kappa shape index (κ3) is 4.39. The van der Waals surface area contributed by atoms with Crippen molar-refractivity contribution in [3.05, 3.63) is 24.3 Å². The monoisotopic (exact) mass is 278 g/mol. The zero-order valence-corrected chi connectivity index (χ0v) is 12.6. The van der Waals surface area contributed by atoms with Crippen LogP contribution in [-0.2, 0) is 0 Å². The number of hydrogen-bond acceptors (Lipinski definition) is 4. The van der Waals surface area contributed by atoms with E-state index < -0.39 is 0 Å². The van der Waals surface area contributed by atoms with Crippen LogP contribution in [0.25, 0.3) is 0 Å². The minimum absolute atomic E-state index is 0.715. The van der Waals surface area contributed by atoms with Gasteiger partial charge in [0.1, 0.15) is 6.61 Å². The molecule has 0 amide bonds. The van der Waals surface area contributed by atoms with Gasteiger partial charge in [0, 0.05) is 13.1 Å². The first-order chi connectivity index (χ1) is 9.83. The van der Waals surface area contributed by atoms with E-state index in [-0.39, 0.29) is 0 Å². The van der Waals surface area contributed by atoms with Gasteiger partial charge in [-0.25, -0.2) is 0 Å². The van der Waals surface area contributed by atoms with Crippen LogP contribution in [0, 0.1) is 5.92 Å². The maximum Gasteiger partial charge on any atom is 0.161 e. The molecule has 4 nitrogen and oxygen atoms in total. The van der Waals surface area contributed by atoms with Gasteiger partial charge in [0.05, 0.1) is 7.11 Å². The SMILES string of the molecule is CNCC1CCCN(CCOc2ccccc2OC)C1. The van der Waals surface area contributed by atoms with Crippen molar-refractivity contribution in [3.63, 3.8) is 0 Å². The first kappa shape index (κ1) is 15.1. The summed E-state index contributed by atoms with van der Waals surface area (Å²) in [5.74, 6) is 2.41. The van der Waals surface area contributed by atoms with E-state index >= 15 is 0 Å². The predicted octanol–water partition coefficient (Wildman–Crippen LogP) is 2.01. The third-order valence-corrected chi connectivity index (χ3v) is 3.83. The van der Waals surface area contributed by atoms with Crippen molar-refractivity contribution >= 4 is 0 Å². The number of ether oxygens (including phenoxy) is 2. The highest BCUT2D eigenvalue weighted by molar-refractivity contribution is 5.39. The Morgan fingerprint density at radius 1 is 1.30 bits per heavy atom. The van der Waals surface area contributed by atoms with E-state index in [9.17, 15) is 0 Å². The molecule has 1 aromatic carbocycles. The van der Waals surface area contributed by atoms with Crippen molar-refractivity contribution in [2.45, 2.75) is 12.8 Å². The van der Waals surface area contributed by atoms with Gasteiger partial charge in [-0.2, -0.15) is 0 Å². The smallest absolute Gasteiger partial charge is 0.161 e. The number of nitrogens with zero attached hydrogens (tertiary/aromatic N) is 1. The van der Waals surface area contributed by atoms with Crippen LogP contribution in [0.15, 0.2) is 24.3 Å². The van der Waals surface area contributed by atoms with Crippen LogP contribution in [0.4, 0.5) is 0 Å². The molecule has 112 valence electrons. The minimum atomic E-state index is 0.715. The zero-order valence-electron chi connectivity index (χ0n) is 12.6. The molecule has 0 saturated carbocycles. The van der Waals surface area contributed by atoms with Gasteiger partial charge in [0.25, 0.3) is 0 Å². The fourth-order valence-corrected chi connectivity index (χ4v) is 2.83. The predicted molar refractivity (Wildman–Crippen MR) is 81.6 cm³/mol. The average Bonchev–Trinajstić information content (AvgIpc) is 2.48. The van der Waals surface area contributed by atoms with E-state index in [1.165, 1.54) is 25.9 Å². The highest BCUT2D eigenvalue weighted by Crippen LogP contribution is 2.25. The summed E-state index contributed by atoms with van der Waals surface area (Å²) in [6.45, 7) is 5.18. The quantitative estimate of drug-likeness (QED) is 0.827. The topological polar surface area (TPSA) is 33.7 Å². The second-order valence-electron chi connectivity index (χ2n) is 5.37. The largest absolute Gasteiger partial charge is 0.493 e. The van der Waals surface area contributed by atoms with Crippen LogP contribution in [0.1, 0.15) is 12.8 Å². The number of methoxy groups -OCH3 is 1. The maximum absolute atomic E-state index is 5.84. The third-order valence-electron chi connectivity index (χ3n) is 3.83. The van der Waals surface area contributed by atoms with Crippen LogP contribution < -0.4 is 14.8 Å². The number of nitrogens with one attached hydrogen (secondary N) is 1. The molecule has 0 spiro atoms. The molecule has 1 heterocycles. The first-order valence-electron chi connectivity index (χ1n) is 7.46. The van der Waals surface area contributed by atoms with Crippen molar-refractivity contribution in [3.8, 4) is 11.5 Å². The Morgan fingerprint density at radius 2 is 2.10 bits per heavy atom. The number of piperidine rings is 1. The number of rotatable bonds is 7. The van der Waals surface area contributed by atoms with Gasteiger partial charge in [0.2, 0.25) is 0 Å². The Hall–Kier alpha value is -1.26. The molecular formula is C16H26N2O2. The van der Waals surface area contributed by atoms with Crippen molar-refractivity contribution in [1.82, 2.24) is 10.2 Å². The molecule has 4 heteroatoms. The summed E-state index contributed by atoms with van der Waals surface area (Å²) >= 11 is 0. The van der Waals surface area contributed by atoms with Crippen LogP contribution in [0.5, 0.6) is 11.5 Å². The van der Waals surface area contributed by atoms with Crippen LogP contribution in [0.3, 0.4) is 0 Å². The van der Waals surface area contributed by atoms with E-state index in [0.717, 1.165) is 30.5 Å². The fraction of sp³-hybridized carbons (Fsp3) is 0.625. The highest BCUT2D eigenvalue weighted by atomic mass is 16.5. The Balaban J connectivity index is 1.75. The van der Waals surface area contributed by atoms with Gasteiger partial charge >= 0.3 is 0 Å². The molecule has 0 aliphatic carbocycles. The summed E-state index contributed by atoms with van der Waals surface area (Å²) in [6, 6.07) is 7.82. The van der Waals surface area contributed by atoms with E-state index in [4.69, 9.17) is 9.47 Å². The van der Waals surface area contributed by atoms with Crippen LogP contribution >= 0.6 is 0 Å². The summed E-state index contributed by atoms with van der Waals surface area (Å²) in [5, 5.41) is 3.28. The number of hydrogen-bond donors (Lipinski definition) is 1. The molecule has 1 fully saturated rings. The standard InChI is InChI=1S/C16H26N2O2/c1-17-12-14-6-5-9-18(13-14)10-11-20-16-8-4-3-7-15(16)19-2/h3-4,7-8,14,17H,5-6,9-13H2,1-2H3. The molecule has 1 aliphatic heterocycles. The lowest BCUT2D eigenvalue weighted by Crippen LogP contribution is -2.40. The van der Waals surface area contributed by atoms with E-state index in [2.05, 4.69) is 10.2 Å². The summed E-state index contributed by atoms with van der Waals surface area (Å²) in [4.78, 5) is 2.50. The molecule has 0 aromatic heterocycles. The number of likely N-dealkylation sites (tertiary alicyclic amines) is 1. The summed E-state index contributed by atoms with van der Waals surface area (Å²) in [5.41, 5.74) is 0. The molecular weight excluding hydrogens is 252 g/mol. The number of benzene rings is 1.